The van der Waals surface area contributed by atoms with Gasteiger partial charge in [-0.25, -0.2) is 4.79 Å². The second-order valence-corrected chi connectivity index (χ2v) is 9.05. The molecule has 4 rings (SSSR count). The van der Waals surface area contributed by atoms with Crippen LogP contribution >= 0.6 is 0 Å². The van der Waals surface area contributed by atoms with E-state index in [1.165, 1.54) is 25.3 Å². The maximum atomic E-state index is 13.4. The number of carbonyl (C=O) groups excluding carboxylic acids is 3. The number of nitrogens with one attached hydrogen (secondary N) is 2. The second kappa shape index (κ2) is 14.9. The molecule has 1 unspecified atom stereocenters. The summed E-state index contributed by atoms with van der Waals surface area (Å²) in [5.74, 6) is -0.0920. The average molecular weight is 585 g/mol. The van der Waals surface area contributed by atoms with E-state index in [0.717, 1.165) is 0 Å². The molecule has 2 amide bonds. The number of benzene rings is 4. The number of anilines is 2. The zero-order valence-corrected chi connectivity index (χ0v) is 24.0. The van der Waals surface area contributed by atoms with Gasteiger partial charge in [-0.1, -0.05) is 42.5 Å². The van der Waals surface area contributed by atoms with E-state index < -0.39 is 23.9 Å². The number of para-hydroxylation sites is 2. The minimum Gasteiger partial charge on any atom is -0.497 e. The largest absolute Gasteiger partial charge is 0.497 e. The van der Waals surface area contributed by atoms with Crippen LogP contribution in [0.15, 0.2) is 97.1 Å². The van der Waals surface area contributed by atoms with Gasteiger partial charge in [-0.05, 0) is 61.5 Å². The standard InChI is InChI=1S/C33H32N2O8/c1-4-41-27-13-9-8-12-26(27)35-32(37)31(22-10-6-5-7-11-22)43-33(38)23-14-19-28(29(20-23)40-3)42-21-30(36)34-24-15-17-25(39-2)18-16-24/h5-20,31H,4,21H2,1-3H3,(H,34,36)(H,35,37). The van der Waals surface area contributed by atoms with Crippen LogP contribution in [0.4, 0.5) is 11.4 Å². The molecule has 1 atom stereocenters. The molecular formula is C33H32N2O8. The van der Waals surface area contributed by atoms with Gasteiger partial charge in [0.05, 0.1) is 32.1 Å². The summed E-state index contributed by atoms with van der Waals surface area (Å²) in [5.41, 5.74) is 1.63. The molecule has 10 heteroatoms. The first-order chi connectivity index (χ1) is 20.9. The lowest BCUT2D eigenvalue weighted by molar-refractivity contribution is -0.125. The molecule has 4 aromatic rings. The predicted molar refractivity (Wildman–Crippen MR) is 161 cm³/mol. The Bertz CT molecular complexity index is 1540. The van der Waals surface area contributed by atoms with Gasteiger partial charge >= 0.3 is 5.97 Å². The number of amides is 2. The van der Waals surface area contributed by atoms with Gasteiger partial charge in [-0.2, -0.15) is 0 Å². The Hall–Kier alpha value is -5.51. The lowest BCUT2D eigenvalue weighted by atomic mass is 10.1. The molecule has 0 saturated carbocycles. The third-order valence-electron chi connectivity index (χ3n) is 6.14. The number of methoxy groups -OCH3 is 2. The van der Waals surface area contributed by atoms with E-state index in [4.69, 9.17) is 23.7 Å². The highest BCUT2D eigenvalue weighted by atomic mass is 16.5. The summed E-state index contributed by atoms with van der Waals surface area (Å²) in [6.45, 7) is 1.96. The second-order valence-electron chi connectivity index (χ2n) is 9.05. The summed E-state index contributed by atoms with van der Waals surface area (Å²) >= 11 is 0. The van der Waals surface area contributed by atoms with E-state index in [9.17, 15) is 14.4 Å². The summed E-state index contributed by atoms with van der Waals surface area (Å²) < 4.78 is 27.5. The number of hydrogen-bond acceptors (Lipinski definition) is 8. The maximum Gasteiger partial charge on any atom is 0.339 e. The fourth-order valence-corrected chi connectivity index (χ4v) is 4.05. The topological polar surface area (TPSA) is 121 Å². The van der Waals surface area contributed by atoms with Gasteiger partial charge in [0, 0.05) is 11.3 Å². The van der Waals surface area contributed by atoms with Crippen LogP contribution in [-0.4, -0.2) is 45.2 Å². The molecule has 222 valence electrons. The van der Waals surface area contributed by atoms with E-state index in [2.05, 4.69) is 10.6 Å². The molecule has 4 aromatic carbocycles. The van der Waals surface area contributed by atoms with Gasteiger partial charge in [0.25, 0.3) is 11.8 Å². The van der Waals surface area contributed by atoms with Crippen LogP contribution in [0, 0.1) is 0 Å². The zero-order chi connectivity index (χ0) is 30.6. The number of ether oxygens (including phenoxy) is 5. The first-order valence-electron chi connectivity index (χ1n) is 13.4. The average Bonchev–Trinajstić information content (AvgIpc) is 3.04. The monoisotopic (exact) mass is 584 g/mol. The van der Waals surface area contributed by atoms with Crippen molar-refractivity contribution in [3.8, 4) is 23.0 Å². The normalized spacial score (nSPS) is 11.0. The number of carbonyl (C=O) groups is 3. The van der Waals surface area contributed by atoms with Gasteiger partial charge in [-0.15, -0.1) is 0 Å². The highest BCUT2D eigenvalue weighted by molar-refractivity contribution is 5.99. The fraction of sp³-hybridized carbons (Fsp3) is 0.182. The molecule has 0 fully saturated rings. The molecule has 0 aliphatic rings. The van der Waals surface area contributed by atoms with Gasteiger partial charge in [0.1, 0.15) is 11.5 Å². The third kappa shape index (κ3) is 8.26. The number of rotatable bonds is 13. The number of esters is 1. The SMILES string of the molecule is CCOc1ccccc1NC(=O)C(OC(=O)c1ccc(OCC(=O)Nc2ccc(OC)cc2)c(OC)c1)c1ccccc1. The van der Waals surface area contributed by atoms with Crippen molar-refractivity contribution in [2.75, 3.05) is 38.1 Å². The van der Waals surface area contributed by atoms with Crippen LogP contribution in [0.5, 0.6) is 23.0 Å². The van der Waals surface area contributed by atoms with Crippen LogP contribution < -0.4 is 29.6 Å². The van der Waals surface area contributed by atoms with Crippen molar-refractivity contribution >= 4 is 29.2 Å². The first-order valence-corrected chi connectivity index (χ1v) is 13.4. The van der Waals surface area contributed by atoms with Crippen molar-refractivity contribution < 1.29 is 38.1 Å². The highest BCUT2D eigenvalue weighted by Crippen LogP contribution is 2.31. The Morgan fingerprint density at radius 2 is 1.44 bits per heavy atom. The van der Waals surface area contributed by atoms with Crippen molar-refractivity contribution in [1.29, 1.82) is 0 Å². The smallest absolute Gasteiger partial charge is 0.339 e. The first kappa shape index (κ1) is 30.4. The zero-order valence-electron chi connectivity index (χ0n) is 24.0. The summed E-state index contributed by atoms with van der Waals surface area (Å²) in [7, 11) is 2.97. The van der Waals surface area contributed by atoms with E-state index in [-0.39, 0.29) is 23.7 Å². The van der Waals surface area contributed by atoms with Crippen LogP contribution in [-0.2, 0) is 14.3 Å². The molecular weight excluding hydrogens is 552 g/mol. The minimum atomic E-state index is -1.26. The predicted octanol–water partition coefficient (Wildman–Crippen LogP) is 5.66. The molecule has 0 aliphatic heterocycles. The Labute approximate surface area is 249 Å². The summed E-state index contributed by atoms with van der Waals surface area (Å²) in [4.78, 5) is 39.0. The highest BCUT2D eigenvalue weighted by Gasteiger charge is 2.27. The number of hydrogen-bond donors (Lipinski definition) is 2. The van der Waals surface area contributed by atoms with Crippen molar-refractivity contribution in [2.45, 2.75) is 13.0 Å². The Kier molecular flexibility index (Phi) is 10.6. The van der Waals surface area contributed by atoms with Crippen molar-refractivity contribution in [3.63, 3.8) is 0 Å². The molecule has 0 saturated heterocycles. The molecule has 0 aliphatic carbocycles. The Morgan fingerprint density at radius 3 is 2.14 bits per heavy atom. The molecule has 0 bridgehead atoms. The molecule has 0 aromatic heterocycles. The van der Waals surface area contributed by atoms with Crippen molar-refractivity contribution in [3.05, 3.63) is 108 Å². The van der Waals surface area contributed by atoms with Crippen molar-refractivity contribution in [2.24, 2.45) is 0 Å². The molecule has 43 heavy (non-hydrogen) atoms. The molecule has 0 heterocycles. The Morgan fingerprint density at radius 1 is 0.721 bits per heavy atom. The van der Waals surface area contributed by atoms with E-state index in [0.29, 0.717) is 35.0 Å². The third-order valence-corrected chi connectivity index (χ3v) is 6.14. The van der Waals surface area contributed by atoms with E-state index in [1.54, 1.807) is 86.0 Å². The van der Waals surface area contributed by atoms with Crippen molar-refractivity contribution in [1.82, 2.24) is 0 Å². The van der Waals surface area contributed by atoms with Crippen LogP contribution in [0.2, 0.25) is 0 Å². The van der Waals surface area contributed by atoms with Gasteiger partial charge < -0.3 is 34.3 Å². The quantitative estimate of drug-likeness (QED) is 0.193. The lowest BCUT2D eigenvalue weighted by Gasteiger charge is -2.19. The Balaban J connectivity index is 1.45. The molecule has 2 N–H and O–H groups in total. The van der Waals surface area contributed by atoms with Gasteiger partial charge in [0.2, 0.25) is 6.10 Å². The van der Waals surface area contributed by atoms with Crippen LogP contribution in [0.25, 0.3) is 0 Å². The minimum absolute atomic E-state index is 0.121. The summed E-state index contributed by atoms with van der Waals surface area (Å²) in [6, 6.07) is 26.9. The van der Waals surface area contributed by atoms with Gasteiger partial charge in [0.15, 0.2) is 18.1 Å². The lowest BCUT2D eigenvalue weighted by Crippen LogP contribution is -2.26. The summed E-state index contributed by atoms with van der Waals surface area (Å²) in [6.07, 6.45) is -1.26. The van der Waals surface area contributed by atoms with Crippen LogP contribution in [0.3, 0.4) is 0 Å². The maximum absolute atomic E-state index is 13.4. The van der Waals surface area contributed by atoms with Gasteiger partial charge in [-0.3, -0.25) is 9.59 Å². The summed E-state index contributed by atoms with van der Waals surface area (Å²) in [5, 5.41) is 5.53. The fourth-order valence-electron chi connectivity index (χ4n) is 4.05. The molecule has 0 radical (unpaired) electrons. The van der Waals surface area contributed by atoms with E-state index >= 15 is 0 Å². The van der Waals surface area contributed by atoms with E-state index in [1.807, 2.05) is 6.92 Å². The molecule has 0 spiro atoms. The van der Waals surface area contributed by atoms with Crippen LogP contribution in [0.1, 0.15) is 28.9 Å². The molecule has 10 nitrogen and oxygen atoms in total.